The lowest BCUT2D eigenvalue weighted by Crippen LogP contribution is -2.18. The van der Waals surface area contributed by atoms with Gasteiger partial charge in [0, 0.05) is 11.6 Å². The fraction of sp³-hybridized carbons (Fsp3) is 0.167. The van der Waals surface area contributed by atoms with Crippen LogP contribution in [0.3, 0.4) is 0 Å². The van der Waals surface area contributed by atoms with Crippen molar-refractivity contribution in [3.8, 4) is 0 Å². The first-order valence-electron chi connectivity index (χ1n) is 7.70. The van der Waals surface area contributed by atoms with E-state index in [0.29, 0.717) is 0 Å². The number of methoxy groups -OCH3 is 2. The molecule has 0 atom stereocenters. The second-order valence-corrected chi connectivity index (χ2v) is 5.35. The highest BCUT2D eigenvalue weighted by Gasteiger charge is 2.19. The van der Waals surface area contributed by atoms with E-state index in [1.165, 1.54) is 50.6 Å². The molecular formula is C18H16N2O7. The Balaban J connectivity index is 2.32. The Kier molecular flexibility index (Phi) is 6.21. The van der Waals surface area contributed by atoms with Gasteiger partial charge in [-0.25, -0.2) is 9.59 Å². The summed E-state index contributed by atoms with van der Waals surface area (Å²) in [6.07, 6.45) is -0.291. The molecule has 0 unspecified atom stereocenters. The van der Waals surface area contributed by atoms with Crippen molar-refractivity contribution in [2.75, 3.05) is 19.5 Å². The Labute approximate surface area is 154 Å². The van der Waals surface area contributed by atoms with Crippen LogP contribution in [0.4, 0.5) is 11.4 Å². The van der Waals surface area contributed by atoms with Gasteiger partial charge in [0.05, 0.1) is 42.4 Å². The first-order chi connectivity index (χ1) is 12.9. The smallest absolute Gasteiger partial charge is 0.339 e. The van der Waals surface area contributed by atoms with Crippen LogP contribution in [0.25, 0.3) is 0 Å². The first kappa shape index (κ1) is 19.6. The normalized spacial score (nSPS) is 10.0. The largest absolute Gasteiger partial charge is 0.465 e. The SMILES string of the molecule is COC(=O)c1ccc(C(=O)OC)c(NC(=O)Cc2ccccc2[N+](=O)[O-])c1. The van der Waals surface area contributed by atoms with Gasteiger partial charge in [-0.15, -0.1) is 0 Å². The summed E-state index contributed by atoms with van der Waals surface area (Å²) in [5.41, 5.74) is 0.202. The molecule has 140 valence electrons. The number of hydrogen-bond donors (Lipinski definition) is 1. The molecule has 0 aromatic heterocycles. The van der Waals surface area contributed by atoms with Crippen molar-refractivity contribution in [2.45, 2.75) is 6.42 Å². The molecule has 0 fully saturated rings. The van der Waals surface area contributed by atoms with Crippen molar-refractivity contribution in [3.05, 3.63) is 69.3 Å². The van der Waals surface area contributed by atoms with Gasteiger partial charge in [0.1, 0.15) is 0 Å². The van der Waals surface area contributed by atoms with Crippen LogP contribution in [0, 0.1) is 10.1 Å². The third-order valence-electron chi connectivity index (χ3n) is 3.66. The number of ether oxygens (including phenoxy) is 2. The van der Waals surface area contributed by atoms with Crippen molar-refractivity contribution in [3.63, 3.8) is 0 Å². The van der Waals surface area contributed by atoms with Crippen LogP contribution in [0.5, 0.6) is 0 Å². The lowest BCUT2D eigenvalue weighted by atomic mass is 10.1. The van der Waals surface area contributed by atoms with Crippen molar-refractivity contribution < 1.29 is 28.8 Å². The average molecular weight is 372 g/mol. The van der Waals surface area contributed by atoms with Gasteiger partial charge in [0.2, 0.25) is 5.91 Å². The number of nitrogens with one attached hydrogen (secondary N) is 1. The van der Waals surface area contributed by atoms with Crippen molar-refractivity contribution in [1.82, 2.24) is 0 Å². The summed E-state index contributed by atoms with van der Waals surface area (Å²) in [4.78, 5) is 46.4. The molecule has 2 aromatic carbocycles. The summed E-state index contributed by atoms with van der Waals surface area (Å²) >= 11 is 0. The van der Waals surface area contributed by atoms with Crippen LogP contribution in [0.2, 0.25) is 0 Å². The molecule has 0 saturated carbocycles. The van der Waals surface area contributed by atoms with E-state index in [2.05, 4.69) is 14.8 Å². The zero-order valence-electron chi connectivity index (χ0n) is 14.6. The van der Waals surface area contributed by atoms with Gasteiger partial charge in [0.25, 0.3) is 5.69 Å². The monoisotopic (exact) mass is 372 g/mol. The second-order valence-electron chi connectivity index (χ2n) is 5.35. The summed E-state index contributed by atoms with van der Waals surface area (Å²) in [6, 6.07) is 9.77. The second kappa shape index (κ2) is 8.56. The third kappa shape index (κ3) is 4.66. The van der Waals surface area contributed by atoms with E-state index in [4.69, 9.17) is 0 Å². The number of benzene rings is 2. The highest BCUT2D eigenvalue weighted by atomic mass is 16.6. The van der Waals surface area contributed by atoms with Crippen LogP contribution in [-0.2, 0) is 20.7 Å². The Morgan fingerprint density at radius 2 is 1.70 bits per heavy atom. The molecule has 0 aliphatic carbocycles. The van der Waals surface area contributed by atoms with Crippen LogP contribution in [0.15, 0.2) is 42.5 Å². The molecule has 27 heavy (non-hydrogen) atoms. The summed E-state index contributed by atoms with van der Waals surface area (Å²) in [5, 5.41) is 13.5. The number of rotatable bonds is 6. The molecule has 9 nitrogen and oxygen atoms in total. The lowest BCUT2D eigenvalue weighted by molar-refractivity contribution is -0.385. The van der Waals surface area contributed by atoms with Crippen LogP contribution in [0.1, 0.15) is 26.3 Å². The number of carbonyl (C=O) groups excluding carboxylic acids is 3. The zero-order valence-corrected chi connectivity index (χ0v) is 14.6. The number of anilines is 1. The van der Waals surface area contributed by atoms with E-state index in [9.17, 15) is 24.5 Å². The van der Waals surface area contributed by atoms with Gasteiger partial charge in [-0.05, 0) is 18.2 Å². The van der Waals surface area contributed by atoms with Gasteiger partial charge in [0.15, 0.2) is 0 Å². The molecule has 0 radical (unpaired) electrons. The number of nitrogens with zero attached hydrogens (tertiary/aromatic N) is 1. The molecule has 0 heterocycles. The predicted octanol–water partition coefficient (Wildman–Crippen LogP) is 2.35. The van der Waals surface area contributed by atoms with E-state index >= 15 is 0 Å². The molecule has 2 aromatic rings. The van der Waals surface area contributed by atoms with Gasteiger partial charge in [-0.1, -0.05) is 18.2 Å². The van der Waals surface area contributed by atoms with Crippen LogP contribution >= 0.6 is 0 Å². The fourth-order valence-electron chi connectivity index (χ4n) is 2.39. The fourth-order valence-corrected chi connectivity index (χ4v) is 2.39. The van der Waals surface area contributed by atoms with E-state index in [1.54, 1.807) is 6.07 Å². The maximum atomic E-state index is 12.4. The Hall–Kier alpha value is -3.75. The van der Waals surface area contributed by atoms with E-state index in [-0.39, 0.29) is 34.5 Å². The molecule has 0 aliphatic rings. The van der Waals surface area contributed by atoms with Crippen molar-refractivity contribution in [2.24, 2.45) is 0 Å². The molecular weight excluding hydrogens is 356 g/mol. The highest BCUT2D eigenvalue weighted by molar-refractivity contribution is 6.04. The van der Waals surface area contributed by atoms with Crippen LogP contribution < -0.4 is 5.32 Å². The molecule has 1 amide bonds. The minimum Gasteiger partial charge on any atom is -0.465 e. The summed E-state index contributed by atoms with van der Waals surface area (Å²) in [7, 11) is 2.37. The van der Waals surface area contributed by atoms with Crippen molar-refractivity contribution in [1.29, 1.82) is 0 Å². The minimum atomic E-state index is -0.715. The molecule has 0 bridgehead atoms. The van der Waals surface area contributed by atoms with E-state index in [0.717, 1.165) is 0 Å². The number of amides is 1. The molecule has 0 spiro atoms. The molecule has 9 heteroatoms. The Morgan fingerprint density at radius 3 is 2.33 bits per heavy atom. The summed E-state index contributed by atoms with van der Waals surface area (Å²) < 4.78 is 9.28. The first-order valence-corrected chi connectivity index (χ1v) is 7.70. The van der Waals surface area contributed by atoms with E-state index < -0.39 is 22.8 Å². The molecule has 1 N–H and O–H groups in total. The quantitative estimate of drug-likeness (QED) is 0.469. The minimum absolute atomic E-state index is 0.0288. The highest BCUT2D eigenvalue weighted by Crippen LogP contribution is 2.22. The molecule has 2 rings (SSSR count). The maximum Gasteiger partial charge on any atom is 0.339 e. The zero-order chi connectivity index (χ0) is 20.0. The average Bonchev–Trinajstić information content (AvgIpc) is 2.66. The number of hydrogen-bond acceptors (Lipinski definition) is 7. The maximum absolute atomic E-state index is 12.4. The summed E-state index contributed by atoms with van der Waals surface area (Å²) in [5.74, 6) is -1.97. The Morgan fingerprint density at radius 1 is 1.04 bits per heavy atom. The number of carbonyl (C=O) groups is 3. The number of nitro benzene ring substituents is 1. The van der Waals surface area contributed by atoms with E-state index in [1.807, 2.05) is 0 Å². The standard InChI is InChI=1S/C18H16N2O7/c1-26-17(22)12-7-8-13(18(23)27-2)14(9-12)19-16(21)10-11-5-3-4-6-15(11)20(24)25/h3-9H,10H2,1-2H3,(H,19,21). The van der Waals surface area contributed by atoms with Crippen LogP contribution in [-0.4, -0.2) is 37.0 Å². The van der Waals surface area contributed by atoms with Gasteiger partial charge in [-0.2, -0.15) is 0 Å². The van der Waals surface area contributed by atoms with Gasteiger partial charge < -0.3 is 14.8 Å². The summed E-state index contributed by atoms with van der Waals surface area (Å²) in [6.45, 7) is 0. The lowest BCUT2D eigenvalue weighted by Gasteiger charge is -2.11. The number of nitro groups is 1. The van der Waals surface area contributed by atoms with Gasteiger partial charge in [-0.3, -0.25) is 14.9 Å². The Bertz CT molecular complexity index is 908. The third-order valence-corrected chi connectivity index (χ3v) is 3.66. The molecule has 0 aliphatic heterocycles. The molecule has 0 saturated heterocycles. The number of para-hydroxylation sites is 1. The number of esters is 2. The predicted molar refractivity (Wildman–Crippen MR) is 94.6 cm³/mol. The van der Waals surface area contributed by atoms with Crippen molar-refractivity contribution >= 4 is 29.2 Å². The van der Waals surface area contributed by atoms with Gasteiger partial charge >= 0.3 is 11.9 Å². The topological polar surface area (TPSA) is 125 Å².